The Hall–Kier alpha value is -1.82. The first-order valence-corrected chi connectivity index (χ1v) is 4.90. The lowest BCUT2D eigenvalue weighted by Crippen LogP contribution is -2.17. The standard InChI is InChI=1S/C12H11F3O3/c1-7(11(17)18-2)10(16)8-5-3-4-6-9(8)12(13,14)15/h3-6,10,16H,1H2,2H3/t10-/m1/s1. The van der Waals surface area contributed by atoms with E-state index < -0.39 is 34.9 Å². The molecule has 1 rings (SSSR count). The van der Waals surface area contributed by atoms with Crippen LogP contribution in [-0.2, 0) is 15.7 Å². The van der Waals surface area contributed by atoms with Crippen LogP contribution in [0.3, 0.4) is 0 Å². The fourth-order valence-electron chi connectivity index (χ4n) is 1.42. The largest absolute Gasteiger partial charge is 0.466 e. The molecule has 0 aliphatic heterocycles. The molecule has 0 unspecified atom stereocenters. The molecule has 1 aromatic carbocycles. The monoisotopic (exact) mass is 260 g/mol. The molecular formula is C12H11F3O3. The first-order valence-electron chi connectivity index (χ1n) is 4.90. The van der Waals surface area contributed by atoms with Gasteiger partial charge in [0.1, 0.15) is 6.10 Å². The van der Waals surface area contributed by atoms with Gasteiger partial charge in [-0.3, -0.25) is 0 Å². The lowest BCUT2D eigenvalue weighted by molar-refractivity contribution is -0.141. The normalized spacial score (nSPS) is 12.9. The fourth-order valence-corrected chi connectivity index (χ4v) is 1.42. The maximum absolute atomic E-state index is 12.7. The molecule has 0 amide bonds. The summed E-state index contributed by atoms with van der Waals surface area (Å²) >= 11 is 0. The quantitative estimate of drug-likeness (QED) is 0.670. The maximum Gasteiger partial charge on any atom is 0.416 e. The number of ether oxygens (including phenoxy) is 1. The van der Waals surface area contributed by atoms with Gasteiger partial charge >= 0.3 is 12.1 Å². The molecule has 6 heteroatoms. The molecule has 0 aromatic heterocycles. The third kappa shape index (κ3) is 2.89. The van der Waals surface area contributed by atoms with Gasteiger partial charge in [0.2, 0.25) is 0 Å². The number of methoxy groups -OCH3 is 1. The van der Waals surface area contributed by atoms with Crippen molar-refractivity contribution in [2.75, 3.05) is 7.11 Å². The number of aliphatic hydroxyl groups excluding tert-OH is 1. The van der Waals surface area contributed by atoms with Crippen LogP contribution in [0.15, 0.2) is 36.4 Å². The molecule has 0 heterocycles. The van der Waals surface area contributed by atoms with Gasteiger partial charge in [-0.25, -0.2) is 4.79 Å². The Morgan fingerprint density at radius 2 is 1.94 bits per heavy atom. The second kappa shape index (κ2) is 5.22. The van der Waals surface area contributed by atoms with Crippen LogP contribution < -0.4 is 0 Å². The molecule has 0 saturated carbocycles. The molecule has 3 nitrogen and oxygen atoms in total. The van der Waals surface area contributed by atoms with Crippen LogP contribution in [0.2, 0.25) is 0 Å². The third-order valence-corrected chi connectivity index (χ3v) is 2.34. The van der Waals surface area contributed by atoms with E-state index in [4.69, 9.17) is 0 Å². The highest BCUT2D eigenvalue weighted by atomic mass is 19.4. The second-order valence-corrected chi connectivity index (χ2v) is 3.50. The number of carbonyl (C=O) groups excluding carboxylic acids is 1. The van der Waals surface area contributed by atoms with E-state index in [9.17, 15) is 23.1 Å². The van der Waals surface area contributed by atoms with Crippen LogP contribution in [0.25, 0.3) is 0 Å². The minimum atomic E-state index is -4.62. The highest BCUT2D eigenvalue weighted by Crippen LogP contribution is 2.36. The Labute approximate surface area is 101 Å². The van der Waals surface area contributed by atoms with Gasteiger partial charge in [0.25, 0.3) is 0 Å². The number of rotatable bonds is 3. The summed E-state index contributed by atoms with van der Waals surface area (Å²) in [5, 5.41) is 9.73. The van der Waals surface area contributed by atoms with E-state index in [0.29, 0.717) is 0 Å². The molecular weight excluding hydrogens is 249 g/mol. The van der Waals surface area contributed by atoms with Crippen molar-refractivity contribution in [3.63, 3.8) is 0 Å². The van der Waals surface area contributed by atoms with Crippen molar-refractivity contribution < 1.29 is 27.8 Å². The topological polar surface area (TPSA) is 46.5 Å². The van der Waals surface area contributed by atoms with Crippen LogP contribution in [0, 0.1) is 0 Å². The van der Waals surface area contributed by atoms with E-state index in [-0.39, 0.29) is 0 Å². The van der Waals surface area contributed by atoms with Crippen molar-refractivity contribution >= 4 is 5.97 Å². The zero-order chi connectivity index (χ0) is 13.9. The Morgan fingerprint density at radius 3 is 2.44 bits per heavy atom. The summed E-state index contributed by atoms with van der Waals surface area (Å²) in [6.45, 7) is 3.23. The highest BCUT2D eigenvalue weighted by Gasteiger charge is 2.35. The Balaban J connectivity index is 3.18. The summed E-state index contributed by atoms with van der Waals surface area (Å²) in [6, 6.07) is 4.43. The van der Waals surface area contributed by atoms with Gasteiger partial charge in [-0.15, -0.1) is 0 Å². The number of benzene rings is 1. The predicted octanol–water partition coefficient (Wildman–Crippen LogP) is 2.47. The van der Waals surface area contributed by atoms with Gasteiger partial charge in [-0.05, 0) is 11.6 Å². The van der Waals surface area contributed by atoms with Gasteiger partial charge in [0.15, 0.2) is 0 Å². The van der Waals surface area contributed by atoms with Crippen molar-refractivity contribution in [2.24, 2.45) is 0 Å². The van der Waals surface area contributed by atoms with Gasteiger partial charge in [-0.1, -0.05) is 24.8 Å². The summed E-state index contributed by atoms with van der Waals surface area (Å²) in [5.41, 5.74) is -1.89. The molecule has 1 N–H and O–H groups in total. The summed E-state index contributed by atoms with van der Waals surface area (Å²) in [7, 11) is 1.05. The van der Waals surface area contributed by atoms with Gasteiger partial charge in [0.05, 0.1) is 18.2 Å². The lowest BCUT2D eigenvalue weighted by atomic mass is 9.97. The van der Waals surface area contributed by atoms with Crippen molar-refractivity contribution in [1.82, 2.24) is 0 Å². The Kier molecular flexibility index (Phi) is 4.13. The zero-order valence-electron chi connectivity index (χ0n) is 9.49. The van der Waals surface area contributed by atoms with Gasteiger partial charge < -0.3 is 9.84 Å². The van der Waals surface area contributed by atoms with Crippen LogP contribution in [0.5, 0.6) is 0 Å². The number of carbonyl (C=O) groups is 1. The molecule has 0 fully saturated rings. The molecule has 0 aliphatic carbocycles. The number of hydrogen-bond donors (Lipinski definition) is 1. The summed E-state index contributed by atoms with van der Waals surface area (Å²) in [4.78, 5) is 11.1. The van der Waals surface area contributed by atoms with Crippen LogP contribution >= 0.6 is 0 Å². The van der Waals surface area contributed by atoms with E-state index in [1.807, 2.05) is 0 Å². The predicted molar refractivity (Wildman–Crippen MR) is 57.6 cm³/mol. The molecule has 98 valence electrons. The van der Waals surface area contributed by atoms with Crippen molar-refractivity contribution in [3.8, 4) is 0 Å². The smallest absolute Gasteiger partial charge is 0.416 e. The molecule has 0 saturated heterocycles. The highest BCUT2D eigenvalue weighted by molar-refractivity contribution is 5.89. The average molecular weight is 260 g/mol. The van der Waals surface area contributed by atoms with E-state index >= 15 is 0 Å². The Morgan fingerprint density at radius 1 is 1.39 bits per heavy atom. The van der Waals surface area contributed by atoms with Crippen LogP contribution in [0.4, 0.5) is 13.2 Å². The minimum absolute atomic E-state index is 0.430. The number of aliphatic hydroxyl groups is 1. The first-order chi connectivity index (χ1) is 8.29. The molecule has 1 aromatic rings. The van der Waals surface area contributed by atoms with Crippen molar-refractivity contribution in [3.05, 3.63) is 47.5 Å². The zero-order valence-corrected chi connectivity index (χ0v) is 9.49. The van der Waals surface area contributed by atoms with E-state index in [1.165, 1.54) is 12.1 Å². The lowest BCUT2D eigenvalue weighted by Gasteiger charge is -2.17. The molecule has 0 aliphatic rings. The SMILES string of the molecule is C=C(C(=O)OC)[C@@H](O)c1ccccc1C(F)(F)F. The fraction of sp³-hybridized carbons (Fsp3) is 0.250. The Bertz CT molecular complexity index is 466. The van der Waals surface area contributed by atoms with E-state index in [2.05, 4.69) is 11.3 Å². The van der Waals surface area contributed by atoms with Crippen LogP contribution in [0.1, 0.15) is 17.2 Å². The number of esters is 1. The van der Waals surface area contributed by atoms with Crippen LogP contribution in [-0.4, -0.2) is 18.2 Å². The summed E-state index contributed by atoms with van der Waals surface area (Å²) < 4.78 is 42.4. The second-order valence-electron chi connectivity index (χ2n) is 3.50. The molecule has 18 heavy (non-hydrogen) atoms. The number of hydrogen-bond acceptors (Lipinski definition) is 3. The third-order valence-electron chi connectivity index (χ3n) is 2.34. The number of alkyl halides is 3. The average Bonchev–Trinajstić information content (AvgIpc) is 2.35. The van der Waals surface area contributed by atoms with Crippen molar-refractivity contribution in [1.29, 1.82) is 0 Å². The van der Waals surface area contributed by atoms with E-state index in [0.717, 1.165) is 19.2 Å². The molecule has 1 atom stereocenters. The molecule has 0 bridgehead atoms. The molecule has 0 radical (unpaired) electrons. The summed E-state index contributed by atoms with van der Waals surface area (Å²) in [6.07, 6.45) is -6.37. The van der Waals surface area contributed by atoms with Crippen molar-refractivity contribution in [2.45, 2.75) is 12.3 Å². The van der Waals surface area contributed by atoms with Gasteiger partial charge in [-0.2, -0.15) is 13.2 Å². The van der Waals surface area contributed by atoms with Gasteiger partial charge in [0, 0.05) is 0 Å². The minimum Gasteiger partial charge on any atom is -0.466 e. The molecule has 0 spiro atoms. The summed E-state index contributed by atoms with van der Waals surface area (Å²) in [5.74, 6) is -0.959. The van der Waals surface area contributed by atoms with E-state index in [1.54, 1.807) is 0 Å². The number of halogens is 3. The first kappa shape index (κ1) is 14.2. The maximum atomic E-state index is 12.7.